The second-order valence-electron chi connectivity index (χ2n) is 3.52. The molecule has 0 unspecified atom stereocenters. The highest BCUT2D eigenvalue weighted by Gasteiger charge is 2.09. The van der Waals surface area contributed by atoms with Gasteiger partial charge in [0, 0.05) is 11.8 Å². The van der Waals surface area contributed by atoms with E-state index in [2.05, 4.69) is 26.2 Å². The van der Waals surface area contributed by atoms with Gasteiger partial charge in [-0.2, -0.15) is 0 Å². The normalized spacial score (nSPS) is 9.89. The number of hydrogen-bond donors (Lipinski definition) is 1. The van der Waals surface area contributed by atoms with Crippen LogP contribution in [0.2, 0.25) is 0 Å². The molecule has 1 N–H and O–H groups in total. The molecule has 1 amide bonds. The van der Waals surface area contributed by atoms with E-state index in [0.717, 1.165) is 4.47 Å². The van der Waals surface area contributed by atoms with Gasteiger partial charge in [-0.3, -0.25) is 4.79 Å². The molecule has 0 spiro atoms. The second kappa shape index (κ2) is 5.64. The van der Waals surface area contributed by atoms with Crippen molar-refractivity contribution >= 4 is 27.7 Å². The standard InChI is InChI=1S/C13H11BrN2O2/c1-18-11-6-5-9(8-10(11)14)13(17)16-12-4-2-3-7-15-12/h2-8H,1H3,(H,15,16,17). The van der Waals surface area contributed by atoms with Crippen molar-refractivity contribution < 1.29 is 9.53 Å². The zero-order chi connectivity index (χ0) is 13.0. The van der Waals surface area contributed by atoms with E-state index in [1.807, 2.05) is 6.07 Å². The smallest absolute Gasteiger partial charge is 0.256 e. The molecule has 0 saturated carbocycles. The molecule has 18 heavy (non-hydrogen) atoms. The first-order chi connectivity index (χ1) is 8.70. The number of rotatable bonds is 3. The quantitative estimate of drug-likeness (QED) is 0.948. The first kappa shape index (κ1) is 12.6. The zero-order valence-electron chi connectivity index (χ0n) is 9.68. The summed E-state index contributed by atoms with van der Waals surface area (Å²) in [6.45, 7) is 0. The van der Waals surface area contributed by atoms with Crippen molar-refractivity contribution in [2.75, 3.05) is 12.4 Å². The molecule has 0 aliphatic carbocycles. The molecular formula is C13H11BrN2O2. The van der Waals surface area contributed by atoms with Crippen LogP contribution >= 0.6 is 15.9 Å². The predicted molar refractivity (Wildman–Crippen MR) is 72.9 cm³/mol. The molecule has 2 aromatic rings. The summed E-state index contributed by atoms with van der Waals surface area (Å²) in [6.07, 6.45) is 1.62. The zero-order valence-corrected chi connectivity index (χ0v) is 11.3. The average Bonchev–Trinajstić information content (AvgIpc) is 2.39. The highest BCUT2D eigenvalue weighted by molar-refractivity contribution is 9.10. The number of anilines is 1. The molecule has 0 atom stereocenters. The van der Waals surface area contributed by atoms with Crippen molar-refractivity contribution in [2.24, 2.45) is 0 Å². The Morgan fingerprint density at radius 1 is 1.33 bits per heavy atom. The molecule has 0 aliphatic rings. The number of methoxy groups -OCH3 is 1. The fourth-order valence-corrected chi connectivity index (χ4v) is 1.97. The maximum atomic E-state index is 12.0. The topological polar surface area (TPSA) is 51.2 Å². The molecule has 0 aliphatic heterocycles. The third-order valence-electron chi connectivity index (χ3n) is 2.32. The molecule has 0 saturated heterocycles. The van der Waals surface area contributed by atoms with E-state index in [-0.39, 0.29) is 5.91 Å². The third kappa shape index (κ3) is 2.87. The van der Waals surface area contributed by atoms with Crippen molar-refractivity contribution in [3.8, 4) is 5.75 Å². The van der Waals surface area contributed by atoms with Crippen LogP contribution in [0.25, 0.3) is 0 Å². The van der Waals surface area contributed by atoms with Crippen LogP contribution in [-0.4, -0.2) is 18.0 Å². The number of hydrogen-bond acceptors (Lipinski definition) is 3. The minimum atomic E-state index is -0.211. The summed E-state index contributed by atoms with van der Waals surface area (Å²) in [5.74, 6) is 0.996. The van der Waals surface area contributed by atoms with Gasteiger partial charge in [0.1, 0.15) is 11.6 Å². The van der Waals surface area contributed by atoms with Crippen LogP contribution in [-0.2, 0) is 0 Å². The maximum absolute atomic E-state index is 12.0. The molecule has 0 radical (unpaired) electrons. The molecule has 1 aromatic heterocycles. The summed E-state index contributed by atoms with van der Waals surface area (Å²) >= 11 is 3.34. The van der Waals surface area contributed by atoms with Crippen LogP contribution in [0, 0.1) is 0 Å². The van der Waals surface area contributed by atoms with Crippen LogP contribution in [0.3, 0.4) is 0 Å². The third-order valence-corrected chi connectivity index (χ3v) is 2.94. The Morgan fingerprint density at radius 2 is 2.17 bits per heavy atom. The minimum Gasteiger partial charge on any atom is -0.496 e. The number of carbonyl (C=O) groups excluding carboxylic acids is 1. The monoisotopic (exact) mass is 306 g/mol. The molecule has 2 rings (SSSR count). The van der Waals surface area contributed by atoms with Crippen LogP contribution in [0.5, 0.6) is 5.75 Å². The molecular weight excluding hydrogens is 296 g/mol. The number of nitrogens with one attached hydrogen (secondary N) is 1. The van der Waals surface area contributed by atoms with Gasteiger partial charge < -0.3 is 10.1 Å². The maximum Gasteiger partial charge on any atom is 0.256 e. The minimum absolute atomic E-state index is 0.211. The van der Waals surface area contributed by atoms with Gasteiger partial charge >= 0.3 is 0 Å². The summed E-state index contributed by atoms with van der Waals surface area (Å²) in [6, 6.07) is 10.5. The van der Waals surface area contributed by atoms with Crippen molar-refractivity contribution in [1.29, 1.82) is 0 Å². The SMILES string of the molecule is COc1ccc(C(=O)Nc2ccccn2)cc1Br. The lowest BCUT2D eigenvalue weighted by molar-refractivity contribution is 0.102. The Hall–Kier alpha value is -1.88. The second-order valence-corrected chi connectivity index (χ2v) is 4.37. The van der Waals surface area contributed by atoms with E-state index in [0.29, 0.717) is 17.1 Å². The van der Waals surface area contributed by atoms with Crippen molar-refractivity contribution in [2.45, 2.75) is 0 Å². The van der Waals surface area contributed by atoms with Gasteiger partial charge in [0.2, 0.25) is 0 Å². The van der Waals surface area contributed by atoms with E-state index in [1.54, 1.807) is 43.6 Å². The Labute approximate surface area is 113 Å². The highest BCUT2D eigenvalue weighted by atomic mass is 79.9. The van der Waals surface area contributed by atoms with Crippen molar-refractivity contribution in [3.05, 3.63) is 52.6 Å². The van der Waals surface area contributed by atoms with E-state index in [1.165, 1.54) is 0 Å². The lowest BCUT2D eigenvalue weighted by atomic mass is 10.2. The lowest BCUT2D eigenvalue weighted by Gasteiger charge is -2.07. The average molecular weight is 307 g/mol. The Bertz CT molecular complexity index is 558. The first-order valence-corrected chi connectivity index (χ1v) is 6.06. The fraction of sp³-hybridized carbons (Fsp3) is 0.0769. The lowest BCUT2D eigenvalue weighted by Crippen LogP contribution is -2.12. The number of benzene rings is 1. The molecule has 4 nitrogen and oxygen atoms in total. The van der Waals surface area contributed by atoms with E-state index in [4.69, 9.17) is 4.74 Å². The van der Waals surface area contributed by atoms with Crippen molar-refractivity contribution in [1.82, 2.24) is 4.98 Å². The van der Waals surface area contributed by atoms with E-state index >= 15 is 0 Å². The van der Waals surface area contributed by atoms with E-state index < -0.39 is 0 Å². The summed E-state index contributed by atoms with van der Waals surface area (Å²) in [5, 5.41) is 2.71. The number of amides is 1. The van der Waals surface area contributed by atoms with Gasteiger partial charge in [-0.25, -0.2) is 4.98 Å². The van der Waals surface area contributed by atoms with Gasteiger partial charge in [-0.1, -0.05) is 6.07 Å². The summed E-state index contributed by atoms with van der Waals surface area (Å²) in [4.78, 5) is 16.0. The van der Waals surface area contributed by atoms with Crippen LogP contribution in [0.1, 0.15) is 10.4 Å². The van der Waals surface area contributed by atoms with Gasteiger partial charge in [0.05, 0.1) is 11.6 Å². The highest BCUT2D eigenvalue weighted by Crippen LogP contribution is 2.25. The number of ether oxygens (including phenoxy) is 1. The number of halogens is 1. The van der Waals surface area contributed by atoms with Crippen LogP contribution in [0.15, 0.2) is 47.1 Å². The fourth-order valence-electron chi connectivity index (χ4n) is 1.43. The number of aromatic nitrogens is 1. The van der Waals surface area contributed by atoms with E-state index in [9.17, 15) is 4.79 Å². The molecule has 92 valence electrons. The molecule has 0 fully saturated rings. The van der Waals surface area contributed by atoms with Crippen LogP contribution in [0.4, 0.5) is 5.82 Å². The summed E-state index contributed by atoms with van der Waals surface area (Å²) in [5.41, 5.74) is 0.535. The van der Waals surface area contributed by atoms with Gasteiger partial charge in [-0.05, 0) is 46.3 Å². The Balaban J connectivity index is 2.17. The molecule has 1 heterocycles. The van der Waals surface area contributed by atoms with Crippen LogP contribution < -0.4 is 10.1 Å². The number of carbonyl (C=O) groups is 1. The van der Waals surface area contributed by atoms with Gasteiger partial charge in [-0.15, -0.1) is 0 Å². The molecule has 5 heteroatoms. The Morgan fingerprint density at radius 3 is 2.78 bits per heavy atom. The van der Waals surface area contributed by atoms with Gasteiger partial charge in [0.15, 0.2) is 0 Å². The first-order valence-electron chi connectivity index (χ1n) is 5.26. The van der Waals surface area contributed by atoms with Gasteiger partial charge in [0.25, 0.3) is 5.91 Å². The molecule has 1 aromatic carbocycles. The molecule has 0 bridgehead atoms. The van der Waals surface area contributed by atoms with Crippen molar-refractivity contribution in [3.63, 3.8) is 0 Å². The number of nitrogens with zero attached hydrogens (tertiary/aromatic N) is 1. The predicted octanol–water partition coefficient (Wildman–Crippen LogP) is 3.11. The largest absolute Gasteiger partial charge is 0.496 e. The number of pyridine rings is 1. The summed E-state index contributed by atoms with van der Waals surface area (Å²) in [7, 11) is 1.58. The summed E-state index contributed by atoms with van der Waals surface area (Å²) < 4.78 is 5.84. The Kier molecular flexibility index (Phi) is 3.94.